The highest BCUT2D eigenvalue weighted by atomic mass is 35.5. The number of hydrogen-bond donors (Lipinski definition) is 1. The van der Waals surface area contributed by atoms with Gasteiger partial charge in [-0.3, -0.25) is 13.9 Å². The summed E-state index contributed by atoms with van der Waals surface area (Å²) in [5, 5.41) is 3.04. The number of benzene rings is 4. The lowest BCUT2D eigenvalue weighted by atomic mass is 10.0. The van der Waals surface area contributed by atoms with Gasteiger partial charge in [0, 0.05) is 19.5 Å². The highest BCUT2D eigenvalue weighted by Crippen LogP contribution is 2.32. The Bertz CT molecular complexity index is 1690. The number of nitrogens with one attached hydrogen (secondary N) is 1. The van der Waals surface area contributed by atoms with Gasteiger partial charge in [-0.2, -0.15) is 0 Å². The fourth-order valence-corrected chi connectivity index (χ4v) is 6.44. The second kappa shape index (κ2) is 15.5. The minimum absolute atomic E-state index is 0.0312. The molecule has 1 N–H and O–H groups in total. The van der Waals surface area contributed by atoms with Crippen LogP contribution in [-0.2, 0) is 32.6 Å². The van der Waals surface area contributed by atoms with Crippen LogP contribution in [0.2, 0.25) is 5.02 Å². The third-order valence-corrected chi connectivity index (χ3v) is 9.20. The van der Waals surface area contributed by atoms with E-state index in [0.29, 0.717) is 24.3 Å². The zero-order valence-electron chi connectivity index (χ0n) is 25.0. The predicted molar refractivity (Wildman–Crippen MR) is 173 cm³/mol. The van der Waals surface area contributed by atoms with Gasteiger partial charge in [-0.15, -0.1) is 0 Å². The number of hydrogen-bond acceptors (Lipinski definition) is 5. The van der Waals surface area contributed by atoms with Gasteiger partial charge in [-0.05, 0) is 60.0 Å². The number of anilines is 1. The van der Waals surface area contributed by atoms with Crippen molar-refractivity contribution in [2.45, 2.75) is 37.2 Å². The molecule has 0 aliphatic heterocycles. The molecule has 11 heteroatoms. The van der Waals surface area contributed by atoms with E-state index in [-0.39, 0.29) is 34.5 Å². The van der Waals surface area contributed by atoms with Crippen molar-refractivity contribution in [2.24, 2.45) is 0 Å². The Labute approximate surface area is 268 Å². The van der Waals surface area contributed by atoms with Gasteiger partial charge in [0.1, 0.15) is 24.2 Å². The summed E-state index contributed by atoms with van der Waals surface area (Å²) >= 11 is 6.39. The first kappa shape index (κ1) is 33.5. The zero-order valence-corrected chi connectivity index (χ0v) is 26.6. The van der Waals surface area contributed by atoms with Crippen molar-refractivity contribution in [1.82, 2.24) is 10.2 Å². The number of sulfonamides is 1. The molecule has 4 aromatic carbocycles. The average Bonchev–Trinajstić information content (AvgIpc) is 3.05. The number of carbonyl (C=O) groups excluding carboxylic acids is 2. The van der Waals surface area contributed by atoms with Crippen LogP contribution in [0, 0.1) is 5.82 Å². The number of nitrogens with zero attached hydrogens (tertiary/aromatic N) is 2. The Morgan fingerprint density at radius 3 is 2.16 bits per heavy atom. The molecule has 0 aliphatic rings. The Hall–Kier alpha value is -4.41. The molecule has 45 heavy (non-hydrogen) atoms. The molecule has 0 spiro atoms. The highest BCUT2D eigenvalue weighted by molar-refractivity contribution is 7.92. The van der Waals surface area contributed by atoms with Gasteiger partial charge in [-0.25, -0.2) is 12.8 Å². The lowest BCUT2D eigenvalue weighted by Gasteiger charge is -2.34. The van der Waals surface area contributed by atoms with E-state index in [4.69, 9.17) is 16.3 Å². The van der Waals surface area contributed by atoms with E-state index in [1.54, 1.807) is 18.2 Å². The largest absolute Gasteiger partial charge is 0.495 e. The number of amides is 2. The van der Waals surface area contributed by atoms with Gasteiger partial charge >= 0.3 is 0 Å². The van der Waals surface area contributed by atoms with Crippen molar-refractivity contribution in [1.29, 1.82) is 0 Å². The lowest BCUT2D eigenvalue weighted by molar-refractivity contribution is -0.140. The van der Waals surface area contributed by atoms with E-state index in [1.807, 2.05) is 37.3 Å². The van der Waals surface area contributed by atoms with Crippen LogP contribution >= 0.6 is 11.6 Å². The van der Waals surface area contributed by atoms with Crippen molar-refractivity contribution in [2.75, 3.05) is 24.5 Å². The van der Waals surface area contributed by atoms with Gasteiger partial charge in [0.05, 0.1) is 22.7 Å². The third kappa shape index (κ3) is 8.61. The van der Waals surface area contributed by atoms with Crippen LogP contribution in [0.5, 0.6) is 5.75 Å². The first-order valence-electron chi connectivity index (χ1n) is 14.4. The summed E-state index contributed by atoms with van der Waals surface area (Å²) in [6.45, 7) is 1.59. The summed E-state index contributed by atoms with van der Waals surface area (Å²) in [6, 6.07) is 26.0. The van der Waals surface area contributed by atoms with Crippen LogP contribution in [0.25, 0.3) is 0 Å². The molecule has 4 rings (SSSR count). The number of ether oxygens (including phenoxy) is 1. The molecule has 0 bridgehead atoms. The second-order valence-corrected chi connectivity index (χ2v) is 12.6. The van der Waals surface area contributed by atoms with E-state index < -0.39 is 34.3 Å². The summed E-state index contributed by atoms with van der Waals surface area (Å²) in [4.78, 5) is 29.4. The fourth-order valence-electron chi connectivity index (χ4n) is 4.77. The first-order valence-corrected chi connectivity index (χ1v) is 16.2. The van der Waals surface area contributed by atoms with Crippen LogP contribution in [0.1, 0.15) is 24.5 Å². The van der Waals surface area contributed by atoms with Crippen LogP contribution in [-0.4, -0.2) is 51.4 Å². The molecule has 4 aromatic rings. The molecular weight excluding hydrogens is 617 g/mol. The molecule has 0 heterocycles. The number of carbonyl (C=O) groups is 2. The summed E-state index contributed by atoms with van der Waals surface area (Å²) in [5.74, 6) is -1.15. The molecule has 0 radical (unpaired) electrons. The molecule has 0 aliphatic carbocycles. The Morgan fingerprint density at radius 1 is 0.911 bits per heavy atom. The molecule has 1 unspecified atom stereocenters. The Balaban J connectivity index is 1.81. The highest BCUT2D eigenvalue weighted by Gasteiger charge is 2.34. The molecular formula is C34H35ClFN3O5S. The van der Waals surface area contributed by atoms with Gasteiger partial charge in [-0.1, -0.05) is 79.2 Å². The summed E-state index contributed by atoms with van der Waals surface area (Å²) in [7, 11) is -2.84. The Kier molecular flexibility index (Phi) is 11.6. The minimum atomic E-state index is -4.28. The average molecular weight is 652 g/mol. The second-order valence-electron chi connectivity index (χ2n) is 10.3. The fraction of sp³-hybridized carbons (Fsp3) is 0.235. The predicted octanol–water partition coefficient (Wildman–Crippen LogP) is 5.85. The molecule has 1 atom stereocenters. The maximum absolute atomic E-state index is 14.4. The van der Waals surface area contributed by atoms with E-state index in [2.05, 4.69) is 5.32 Å². The Morgan fingerprint density at radius 2 is 1.56 bits per heavy atom. The molecule has 2 amide bonds. The molecule has 0 aromatic heterocycles. The quantitative estimate of drug-likeness (QED) is 0.185. The standard InChI is InChI=1S/C34H35ClFN3O5S/c1-3-20-37-34(41)31(21-25-10-6-4-7-11-25)38(23-26-14-16-27(36)17-15-26)33(40)24-39(28-18-19-32(44-2)30(35)22-28)45(42,43)29-12-8-5-9-13-29/h4-19,22,31H,3,20-21,23-24H2,1-2H3,(H,37,41). The van der Waals surface area contributed by atoms with Crippen molar-refractivity contribution in [3.8, 4) is 5.75 Å². The maximum Gasteiger partial charge on any atom is 0.264 e. The van der Waals surface area contributed by atoms with E-state index in [9.17, 15) is 22.4 Å². The van der Waals surface area contributed by atoms with Crippen molar-refractivity contribution < 1.29 is 27.1 Å². The van der Waals surface area contributed by atoms with Gasteiger partial charge in [0.25, 0.3) is 10.0 Å². The smallest absolute Gasteiger partial charge is 0.264 e. The molecule has 236 valence electrons. The number of halogens is 2. The van der Waals surface area contributed by atoms with Gasteiger partial charge in [0.2, 0.25) is 11.8 Å². The van der Waals surface area contributed by atoms with E-state index in [0.717, 1.165) is 9.87 Å². The maximum atomic E-state index is 14.4. The van der Waals surface area contributed by atoms with Crippen LogP contribution in [0.4, 0.5) is 10.1 Å². The van der Waals surface area contributed by atoms with E-state index >= 15 is 0 Å². The van der Waals surface area contributed by atoms with Crippen molar-refractivity contribution in [3.63, 3.8) is 0 Å². The minimum Gasteiger partial charge on any atom is -0.495 e. The van der Waals surface area contributed by atoms with Crippen LogP contribution < -0.4 is 14.4 Å². The third-order valence-electron chi connectivity index (χ3n) is 7.12. The lowest BCUT2D eigenvalue weighted by Crippen LogP contribution is -2.53. The van der Waals surface area contributed by atoms with Gasteiger partial charge < -0.3 is 15.0 Å². The monoisotopic (exact) mass is 651 g/mol. The zero-order chi connectivity index (χ0) is 32.4. The molecule has 8 nitrogen and oxygen atoms in total. The number of rotatable bonds is 14. The molecule has 0 saturated carbocycles. The summed E-state index contributed by atoms with van der Waals surface area (Å²) < 4.78 is 48.1. The topological polar surface area (TPSA) is 96.0 Å². The SMILES string of the molecule is CCCNC(=O)C(Cc1ccccc1)N(Cc1ccc(F)cc1)C(=O)CN(c1ccc(OC)c(Cl)c1)S(=O)(=O)c1ccccc1. The van der Waals surface area contributed by atoms with Crippen molar-refractivity contribution >= 4 is 39.1 Å². The first-order chi connectivity index (χ1) is 21.6. The van der Waals surface area contributed by atoms with E-state index in [1.165, 1.54) is 66.6 Å². The van der Waals surface area contributed by atoms with Crippen molar-refractivity contribution in [3.05, 3.63) is 125 Å². The normalized spacial score (nSPS) is 11.8. The van der Waals surface area contributed by atoms with Gasteiger partial charge in [0.15, 0.2) is 0 Å². The van der Waals surface area contributed by atoms with Crippen LogP contribution in [0.15, 0.2) is 108 Å². The summed E-state index contributed by atoms with van der Waals surface area (Å²) in [6.07, 6.45) is 0.847. The molecule has 0 saturated heterocycles. The number of methoxy groups -OCH3 is 1. The van der Waals surface area contributed by atoms with Crippen LogP contribution in [0.3, 0.4) is 0 Å². The molecule has 0 fully saturated rings. The summed E-state index contributed by atoms with van der Waals surface area (Å²) in [5.41, 5.74) is 1.51.